The molecule has 0 saturated heterocycles. The monoisotopic (exact) mass is 307 g/mol. The first-order valence-corrected chi connectivity index (χ1v) is 16.0. The lowest BCUT2D eigenvalue weighted by Crippen LogP contribution is -2.54. The zero-order chi connectivity index (χ0) is 14.6. The predicted molar refractivity (Wildman–Crippen MR) is 88.4 cm³/mol. The minimum Gasteiger partial charge on any atom is -0.455 e. The fourth-order valence-corrected chi connectivity index (χ4v) is 18.2. The van der Waals surface area contributed by atoms with Crippen molar-refractivity contribution < 1.29 is 8.54 Å². The molecule has 18 heavy (non-hydrogen) atoms. The van der Waals surface area contributed by atoms with E-state index in [2.05, 4.69) is 46.2 Å². The van der Waals surface area contributed by atoms with Crippen LogP contribution in [0.1, 0.15) is 13.3 Å². The molecule has 0 aliphatic rings. The topological polar surface area (TPSA) is 44.5 Å². The van der Waals surface area contributed by atoms with Crippen LogP contribution in [0.2, 0.25) is 50.5 Å². The molecule has 0 aliphatic carbocycles. The zero-order valence-corrected chi connectivity index (χ0v) is 16.6. The normalized spacial score (nSPS) is 15.8. The molecule has 0 aliphatic heterocycles. The van der Waals surface area contributed by atoms with Crippen molar-refractivity contribution >= 4 is 25.0 Å². The molecule has 6 heteroatoms. The highest BCUT2D eigenvalue weighted by Crippen LogP contribution is 2.35. The van der Waals surface area contributed by atoms with Crippen molar-refractivity contribution in [3.8, 4) is 0 Å². The summed E-state index contributed by atoms with van der Waals surface area (Å²) in [6.45, 7) is 17.0. The van der Waals surface area contributed by atoms with Gasteiger partial charge < -0.3 is 14.3 Å². The van der Waals surface area contributed by atoms with Gasteiger partial charge in [-0.05, 0) is 63.5 Å². The molecule has 0 aromatic rings. The van der Waals surface area contributed by atoms with Gasteiger partial charge in [0, 0.05) is 7.11 Å². The third-order valence-corrected chi connectivity index (χ3v) is 19.4. The van der Waals surface area contributed by atoms with E-state index in [-0.39, 0.29) is 0 Å². The van der Waals surface area contributed by atoms with E-state index >= 15 is 0 Å². The molecular formula is C12H33NO2Si3. The molecule has 0 radical (unpaired) electrons. The van der Waals surface area contributed by atoms with E-state index in [1.165, 1.54) is 6.04 Å². The molecule has 0 fully saturated rings. The number of hydrogen-bond donors (Lipinski definition) is 1. The second-order valence-corrected chi connectivity index (χ2v) is 20.9. The summed E-state index contributed by atoms with van der Waals surface area (Å²) in [5, 5.41) is 0.597. The number of rotatable bonds is 8. The van der Waals surface area contributed by atoms with Gasteiger partial charge in [-0.15, -0.1) is 0 Å². The summed E-state index contributed by atoms with van der Waals surface area (Å²) in [7, 11) is -3.02. The lowest BCUT2D eigenvalue weighted by atomic mass is 10.5. The molecule has 0 spiro atoms. The zero-order valence-electron chi connectivity index (χ0n) is 13.6. The van der Waals surface area contributed by atoms with Crippen LogP contribution >= 0.6 is 0 Å². The Labute approximate surface area is 117 Å². The van der Waals surface area contributed by atoms with Crippen LogP contribution in [0.15, 0.2) is 0 Å². The molecule has 1 unspecified atom stereocenters. The molecule has 0 rings (SSSR count). The maximum atomic E-state index is 6.65. The van der Waals surface area contributed by atoms with Gasteiger partial charge >= 0.3 is 0 Å². The van der Waals surface area contributed by atoms with Gasteiger partial charge in [0.15, 0.2) is 25.0 Å². The van der Waals surface area contributed by atoms with E-state index in [0.29, 0.717) is 5.16 Å². The lowest BCUT2D eigenvalue weighted by molar-refractivity contribution is 0.396. The Kier molecular flexibility index (Phi) is 7.01. The van der Waals surface area contributed by atoms with E-state index < -0.39 is 25.0 Å². The van der Waals surface area contributed by atoms with Gasteiger partial charge in [-0.2, -0.15) is 0 Å². The summed E-state index contributed by atoms with van der Waals surface area (Å²) in [4.78, 5) is 0. The first kappa shape index (κ1) is 18.5. The van der Waals surface area contributed by atoms with E-state index in [4.69, 9.17) is 14.3 Å². The van der Waals surface area contributed by atoms with E-state index in [0.717, 1.165) is 13.0 Å². The van der Waals surface area contributed by atoms with Crippen molar-refractivity contribution in [3.63, 3.8) is 0 Å². The molecule has 0 heterocycles. The molecule has 1 atom stereocenters. The standard InChI is InChI=1S/C12H33NO2Si3/c1-12(17(5,6)14-2)18(7,8)15-16(3,4)11-9-10-13/h12H,9-11,13H2,1-8H3. The van der Waals surface area contributed by atoms with Crippen molar-refractivity contribution in [1.29, 1.82) is 0 Å². The minimum absolute atomic E-state index is 0.597. The molecule has 3 nitrogen and oxygen atoms in total. The van der Waals surface area contributed by atoms with Crippen LogP contribution in [0.4, 0.5) is 0 Å². The fraction of sp³-hybridized carbons (Fsp3) is 1.00. The van der Waals surface area contributed by atoms with Crippen LogP contribution in [0.25, 0.3) is 0 Å². The van der Waals surface area contributed by atoms with Gasteiger partial charge in [-0.1, -0.05) is 6.92 Å². The highest BCUT2D eigenvalue weighted by Gasteiger charge is 2.45. The largest absolute Gasteiger partial charge is 0.455 e. The molecule has 0 bridgehead atoms. The van der Waals surface area contributed by atoms with Gasteiger partial charge in [-0.25, -0.2) is 0 Å². The third kappa shape index (κ3) is 5.66. The SMILES string of the molecule is CO[Si](C)(C)C(C)[Si](C)(C)O[Si](C)(C)CCCN. The van der Waals surface area contributed by atoms with Crippen LogP contribution in [-0.4, -0.2) is 38.6 Å². The van der Waals surface area contributed by atoms with Gasteiger partial charge in [0.05, 0.1) is 0 Å². The Morgan fingerprint density at radius 3 is 1.89 bits per heavy atom. The van der Waals surface area contributed by atoms with Gasteiger partial charge in [0.2, 0.25) is 0 Å². The predicted octanol–water partition coefficient (Wildman–Crippen LogP) is 3.54. The number of nitrogens with two attached hydrogens (primary N) is 1. The van der Waals surface area contributed by atoms with Crippen LogP contribution < -0.4 is 5.73 Å². The summed E-state index contributed by atoms with van der Waals surface area (Å²) in [5.41, 5.74) is 5.61. The van der Waals surface area contributed by atoms with Crippen molar-refractivity contribution in [1.82, 2.24) is 0 Å². The molecule has 0 aromatic carbocycles. The number of hydrogen-bond acceptors (Lipinski definition) is 3. The second kappa shape index (κ2) is 6.81. The Morgan fingerprint density at radius 1 is 1.00 bits per heavy atom. The van der Waals surface area contributed by atoms with Crippen molar-refractivity contribution in [2.24, 2.45) is 5.73 Å². The summed E-state index contributed by atoms with van der Waals surface area (Å²) >= 11 is 0. The maximum Gasteiger partial charge on any atom is 0.188 e. The second-order valence-electron chi connectivity index (χ2n) is 6.89. The molecular weight excluding hydrogens is 274 g/mol. The van der Waals surface area contributed by atoms with Crippen LogP contribution in [0, 0.1) is 0 Å². The Hall–Kier alpha value is 0.531. The third-order valence-electron chi connectivity index (χ3n) is 4.13. The summed E-state index contributed by atoms with van der Waals surface area (Å²) in [5.74, 6) is 0. The minimum atomic E-state index is -1.69. The molecule has 2 N–H and O–H groups in total. The average Bonchev–Trinajstić information content (AvgIpc) is 2.24. The Morgan fingerprint density at radius 2 is 1.50 bits per heavy atom. The maximum absolute atomic E-state index is 6.65. The Bertz CT molecular complexity index is 258. The van der Waals surface area contributed by atoms with E-state index in [1.807, 2.05) is 7.11 Å². The van der Waals surface area contributed by atoms with Crippen LogP contribution in [0.3, 0.4) is 0 Å². The van der Waals surface area contributed by atoms with Crippen molar-refractivity contribution in [2.75, 3.05) is 13.7 Å². The summed E-state index contributed by atoms with van der Waals surface area (Å²) in [6, 6.07) is 1.17. The van der Waals surface area contributed by atoms with Crippen LogP contribution in [-0.2, 0) is 8.54 Å². The first-order chi connectivity index (χ1) is 7.98. The van der Waals surface area contributed by atoms with Gasteiger partial charge in [0.25, 0.3) is 0 Å². The molecule has 110 valence electrons. The summed E-state index contributed by atoms with van der Waals surface area (Å²) in [6.07, 6.45) is 1.09. The highest BCUT2D eigenvalue weighted by atomic mass is 28.5. The van der Waals surface area contributed by atoms with E-state index in [1.54, 1.807) is 0 Å². The molecule has 0 saturated carbocycles. The van der Waals surface area contributed by atoms with Gasteiger partial charge in [0.1, 0.15) is 0 Å². The van der Waals surface area contributed by atoms with Crippen molar-refractivity contribution in [3.05, 3.63) is 0 Å². The fourth-order valence-electron chi connectivity index (χ4n) is 2.39. The first-order valence-electron chi connectivity index (χ1n) is 6.94. The molecule has 0 amide bonds. The van der Waals surface area contributed by atoms with E-state index in [9.17, 15) is 0 Å². The average molecular weight is 308 g/mol. The highest BCUT2D eigenvalue weighted by molar-refractivity contribution is 6.95. The Balaban J connectivity index is 4.73. The quantitative estimate of drug-likeness (QED) is 0.698. The molecule has 0 aromatic heterocycles. The van der Waals surface area contributed by atoms with Gasteiger partial charge in [-0.3, -0.25) is 0 Å². The van der Waals surface area contributed by atoms with Crippen LogP contribution in [0.5, 0.6) is 0 Å². The van der Waals surface area contributed by atoms with Crippen molar-refractivity contribution in [2.45, 2.75) is 63.8 Å². The lowest BCUT2D eigenvalue weighted by Gasteiger charge is -2.42. The smallest absolute Gasteiger partial charge is 0.188 e. The summed E-state index contributed by atoms with van der Waals surface area (Å²) < 4.78 is 12.4.